The standard InChI is InChI=1S/C16H18N4O3/c1-3-23-16(22)19-14(15(21)20(2)10-17)8-11-9-18-13-7-5-4-6-12(11)13/h4-7,9,14,18H,3,8H2,1-2H3,(H,19,22). The number of hydrogen-bond donors (Lipinski definition) is 2. The summed E-state index contributed by atoms with van der Waals surface area (Å²) >= 11 is 0. The Hall–Kier alpha value is -3.01. The Kier molecular flexibility index (Phi) is 5.20. The molecular formula is C16H18N4O3. The number of benzene rings is 1. The maximum absolute atomic E-state index is 12.3. The molecule has 1 unspecified atom stereocenters. The molecule has 23 heavy (non-hydrogen) atoms. The number of nitrogens with zero attached hydrogens (tertiary/aromatic N) is 2. The third-order valence-electron chi connectivity index (χ3n) is 3.45. The summed E-state index contributed by atoms with van der Waals surface area (Å²) in [6.07, 6.45) is 3.12. The van der Waals surface area contributed by atoms with Gasteiger partial charge in [-0.25, -0.2) is 4.79 Å². The van der Waals surface area contributed by atoms with Crippen molar-refractivity contribution in [3.63, 3.8) is 0 Å². The second-order valence-electron chi connectivity index (χ2n) is 4.98. The first-order chi connectivity index (χ1) is 11.1. The number of hydrogen-bond acceptors (Lipinski definition) is 4. The molecule has 2 amide bonds. The molecule has 1 atom stereocenters. The molecule has 0 bridgehead atoms. The van der Waals surface area contributed by atoms with Gasteiger partial charge in [0.25, 0.3) is 5.91 Å². The number of ether oxygens (including phenoxy) is 1. The highest BCUT2D eigenvalue weighted by atomic mass is 16.5. The first-order valence-electron chi connectivity index (χ1n) is 7.22. The molecule has 0 saturated heterocycles. The predicted molar refractivity (Wildman–Crippen MR) is 84.3 cm³/mol. The van der Waals surface area contributed by atoms with Crippen LogP contribution in [0.3, 0.4) is 0 Å². The second-order valence-corrected chi connectivity index (χ2v) is 4.98. The van der Waals surface area contributed by atoms with Crippen molar-refractivity contribution >= 4 is 22.9 Å². The molecule has 1 aromatic heterocycles. The zero-order valence-corrected chi connectivity index (χ0v) is 13.0. The van der Waals surface area contributed by atoms with E-state index in [0.717, 1.165) is 21.4 Å². The molecule has 1 aromatic carbocycles. The maximum atomic E-state index is 12.3. The van der Waals surface area contributed by atoms with E-state index in [1.807, 2.05) is 24.3 Å². The van der Waals surface area contributed by atoms with Gasteiger partial charge in [-0.15, -0.1) is 0 Å². The highest BCUT2D eigenvalue weighted by Crippen LogP contribution is 2.19. The van der Waals surface area contributed by atoms with Crippen molar-refractivity contribution in [1.82, 2.24) is 15.2 Å². The fourth-order valence-corrected chi connectivity index (χ4v) is 2.32. The summed E-state index contributed by atoms with van der Waals surface area (Å²) in [6.45, 7) is 1.88. The summed E-state index contributed by atoms with van der Waals surface area (Å²) in [4.78, 5) is 28.0. The van der Waals surface area contributed by atoms with Crippen molar-refractivity contribution in [2.24, 2.45) is 0 Å². The quantitative estimate of drug-likeness (QED) is 0.649. The smallest absolute Gasteiger partial charge is 0.407 e. The van der Waals surface area contributed by atoms with E-state index in [2.05, 4.69) is 10.3 Å². The molecule has 120 valence electrons. The SMILES string of the molecule is CCOC(=O)NC(Cc1c[nH]c2ccccc12)C(=O)N(C)C#N. The lowest BCUT2D eigenvalue weighted by atomic mass is 10.0. The molecular weight excluding hydrogens is 296 g/mol. The number of alkyl carbamates (subject to hydrolysis) is 1. The van der Waals surface area contributed by atoms with Crippen molar-refractivity contribution < 1.29 is 14.3 Å². The van der Waals surface area contributed by atoms with Crippen LogP contribution in [0.15, 0.2) is 30.5 Å². The van der Waals surface area contributed by atoms with E-state index >= 15 is 0 Å². The minimum atomic E-state index is -0.877. The van der Waals surface area contributed by atoms with Crippen LogP contribution >= 0.6 is 0 Å². The van der Waals surface area contributed by atoms with Crippen molar-refractivity contribution in [3.8, 4) is 6.19 Å². The molecule has 0 aliphatic carbocycles. The van der Waals surface area contributed by atoms with Gasteiger partial charge < -0.3 is 15.0 Å². The normalized spacial score (nSPS) is 11.5. The molecule has 0 radical (unpaired) electrons. The average Bonchev–Trinajstić information content (AvgIpc) is 2.96. The van der Waals surface area contributed by atoms with E-state index in [4.69, 9.17) is 10.00 Å². The Morgan fingerprint density at radius 1 is 1.43 bits per heavy atom. The number of fused-ring (bicyclic) bond motifs is 1. The van der Waals surface area contributed by atoms with Gasteiger partial charge in [0.05, 0.1) is 6.61 Å². The van der Waals surface area contributed by atoms with Crippen molar-refractivity contribution in [1.29, 1.82) is 5.26 Å². The van der Waals surface area contributed by atoms with E-state index in [0.29, 0.717) is 0 Å². The molecule has 0 aliphatic heterocycles. The molecule has 2 rings (SSSR count). The van der Waals surface area contributed by atoms with Crippen LogP contribution < -0.4 is 5.32 Å². The molecule has 1 heterocycles. The van der Waals surface area contributed by atoms with Gasteiger partial charge in [-0.3, -0.25) is 9.69 Å². The fourth-order valence-electron chi connectivity index (χ4n) is 2.32. The zero-order chi connectivity index (χ0) is 16.8. The molecule has 0 spiro atoms. The topological polar surface area (TPSA) is 98.2 Å². The van der Waals surface area contributed by atoms with E-state index in [1.54, 1.807) is 19.3 Å². The first kappa shape index (κ1) is 16.4. The molecule has 0 aliphatic rings. The predicted octanol–water partition coefficient (Wildman–Crippen LogP) is 1.76. The van der Waals surface area contributed by atoms with Crippen LogP contribution in [0.1, 0.15) is 12.5 Å². The second kappa shape index (κ2) is 7.31. The van der Waals surface area contributed by atoms with Crippen LogP contribution in [0.25, 0.3) is 10.9 Å². The number of nitriles is 1. The molecule has 7 nitrogen and oxygen atoms in total. The van der Waals surface area contributed by atoms with Crippen molar-refractivity contribution in [3.05, 3.63) is 36.0 Å². The van der Waals surface area contributed by atoms with Gasteiger partial charge in [-0.1, -0.05) is 18.2 Å². The van der Waals surface area contributed by atoms with Crippen LogP contribution in [-0.4, -0.2) is 41.6 Å². The van der Waals surface area contributed by atoms with E-state index in [-0.39, 0.29) is 13.0 Å². The summed E-state index contributed by atoms with van der Waals surface area (Å²) < 4.78 is 4.83. The van der Waals surface area contributed by atoms with Crippen LogP contribution in [-0.2, 0) is 16.0 Å². The number of carbonyl (C=O) groups is 2. The van der Waals surface area contributed by atoms with Gasteiger partial charge in [-0.2, -0.15) is 5.26 Å². The lowest BCUT2D eigenvalue weighted by Gasteiger charge is -2.19. The van der Waals surface area contributed by atoms with Crippen LogP contribution in [0.4, 0.5) is 4.79 Å². The summed E-state index contributed by atoms with van der Waals surface area (Å²) in [5, 5.41) is 12.4. The minimum Gasteiger partial charge on any atom is -0.450 e. The zero-order valence-electron chi connectivity index (χ0n) is 13.0. The van der Waals surface area contributed by atoms with Gasteiger partial charge in [0, 0.05) is 30.6 Å². The van der Waals surface area contributed by atoms with E-state index in [1.165, 1.54) is 7.05 Å². The monoisotopic (exact) mass is 314 g/mol. The molecule has 0 fully saturated rings. The third kappa shape index (κ3) is 3.80. The van der Waals surface area contributed by atoms with E-state index in [9.17, 15) is 9.59 Å². The molecule has 7 heteroatoms. The summed E-state index contributed by atoms with van der Waals surface area (Å²) in [7, 11) is 1.36. The number of likely N-dealkylation sites (N-methyl/N-ethyl adjacent to an activating group) is 1. The highest BCUT2D eigenvalue weighted by Gasteiger charge is 2.26. The molecule has 0 saturated carbocycles. The Morgan fingerprint density at radius 3 is 2.87 bits per heavy atom. The van der Waals surface area contributed by atoms with Crippen molar-refractivity contribution in [2.75, 3.05) is 13.7 Å². The van der Waals surface area contributed by atoms with Gasteiger partial charge in [-0.05, 0) is 18.6 Å². The van der Waals surface area contributed by atoms with Crippen LogP contribution in [0.2, 0.25) is 0 Å². The van der Waals surface area contributed by atoms with Gasteiger partial charge in [0.2, 0.25) is 0 Å². The summed E-state index contributed by atoms with van der Waals surface area (Å²) in [5.41, 5.74) is 1.82. The number of amides is 2. The summed E-state index contributed by atoms with van der Waals surface area (Å²) in [5.74, 6) is -0.495. The Bertz CT molecular complexity index is 747. The molecule has 2 aromatic rings. The summed E-state index contributed by atoms with van der Waals surface area (Å²) in [6, 6.07) is 6.79. The van der Waals surface area contributed by atoms with Gasteiger partial charge in [0.1, 0.15) is 6.04 Å². The lowest BCUT2D eigenvalue weighted by Crippen LogP contribution is -2.47. The molecule has 2 N–H and O–H groups in total. The largest absolute Gasteiger partial charge is 0.450 e. The number of carbonyl (C=O) groups excluding carboxylic acids is 2. The maximum Gasteiger partial charge on any atom is 0.407 e. The third-order valence-corrected chi connectivity index (χ3v) is 3.45. The van der Waals surface area contributed by atoms with Gasteiger partial charge in [0.15, 0.2) is 6.19 Å². The Balaban J connectivity index is 2.24. The number of aromatic nitrogens is 1. The Morgan fingerprint density at radius 2 is 2.17 bits per heavy atom. The lowest BCUT2D eigenvalue weighted by molar-refractivity contribution is -0.129. The number of nitrogens with one attached hydrogen (secondary N) is 2. The number of H-pyrrole nitrogens is 1. The van der Waals surface area contributed by atoms with Gasteiger partial charge >= 0.3 is 6.09 Å². The van der Waals surface area contributed by atoms with Crippen LogP contribution in [0, 0.1) is 11.5 Å². The number of para-hydroxylation sites is 1. The fraction of sp³-hybridized carbons (Fsp3) is 0.312. The van der Waals surface area contributed by atoms with E-state index < -0.39 is 18.0 Å². The van der Waals surface area contributed by atoms with Crippen molar-refractivity contribution in [2.45, 2.75) is 19.4 Å². The highest BCUT2D eigenvalue weighted by molar-refractivity contribution is 5.88. The minimum absolute atomic E-state index is 0.202. The first-order valence-corrected chi connectivity index (χ1v) is 7.22. The Labute approximate surface area is 133 Å². The number of aromatic amines is 1. The average molecular weight is 314 g/mol. The number of rotatable bonds is 5. The van der Waals surface area contributed by atoms with Crippen LogP contribution in [0.5, 0.6) is 0 Å².